The molecule has 0 aliphatic heterocycles. The molecule has 0 spiro atoms. The summed E-state index contributed by atoms with van der Waals surface area (Å²) in [7, 11) is -3.27. The van der Waals surface area contributed by atoms with Crippen molar-refractivity contribution in [3.05, 3.63) is 28.2 Å². The van der Waals surface area contributed by atoms with Gasteiger partial charge in [0.05, 0.1) is 15.3 Å². The van der Waals surface area contributed by atoms with Crippen LogP contribution in [0.15, 0.2) is 18.2 Å². The van der Waals surface area contributed by atoms with Gasteiger partial charge < -0.3 is 5.32 Å². The standard InChI is InChI=1S/C16H22Cl2N2O3S/c1-10(2)24(22,23)20-12-5-3-11(4-6-12)16(21)19-13-7-8-14(17)15(18)9-13/h7-12,20H,3-6H2,1-2H3,(H,19,21)/t11-,12-. The van der Waals surface area contributed by atoms with E-state index >= 15 is 0 Å². The molecule has 2 N–H and O–H groups in total. The third-order valence-electron chi connectivity index (χ3n) is 4.24. The Balaban J connectivity index is 1.87. The maximum absolute atomic E-state index is 12.3. The molecule has 134 valence electrons. The van der Waals surface area contributed by atoms with Gasteiger partial charge in [-0.05, 0) is 57.7 Å². The number of carbonyl (C=O) groups excluding carboxylic acids is 1. The molecule has 1 aromatic carbocycles. The van der Waals surface area contributed by atoms with Crippen LogP contribution in [0.5, 0.6) is 0 Å². The van der Waals surface area contributed by atoms with Gasteiger partial charge in [-0.15, -0.1) is 0 Å². The monoisotopic (exact) mass is 392 g/mol. The summed E-state index contributed by atoms with van der Waals surface area (Å²) in [4.78, 5) is 12.3. The van der Waals surface area contributed by atoms with Crippen LogP contribution in [0.1, 0.15) is 39.5 Å². The van der Waals surface area contributed by atoms with Crippen molar-refractivity contribution in [2.45, 2.75) is 50.8 Å². The normalized spacial score (nSPS) is 21.7. The lowest BCUT2D eigenvalue weighted by atomic mass is 9.86. The maximum atomic E-state index is 12.3. The summed E-state index contributed by atoms with van der Waals surface area (Å²) in [6, 6.07) is 4.86. The van der Waals surface area contributed by atoms with Gasteiger partial charge >= 0.3 is 0 Å². The second-order valence-corrected chi connectivity index (χ2v) is 9.46. The predicted octanol–water partition coefficient (Wildman–Crippen LogP) is 3.82. The topological polar surface area (TPSA) is 75.3 Å². The lowest BCUT2D eigenvalue weighted by molar-refractivity contribution is -0.120. The molecule has 5 nitrogen and oxygen atoms in total. The van der Waals surface area contributed by atoms with E-state index in [4.69, 9.17) is 23.2 Å². The van der Waals surface area contributed by atoms with Gasteiger partial charge in [0.15, 0.2) is 0 Å². The van der Waals surface area contributed by atoms with E-state index in [-0.39, 0.29) is 17.9 Å². The molecule has 8 heteroatoms. The molecule has 24 heavy (non-hydrogen) atoms. The third-order valence-corrected chi connectivity index (χ3v) is 6.88. The highest BCUT2D eigenvalue weighted by atomic mass is 35.5. The molecule has 1 saturated carbocycles. The lowest BCUT2D eigenvalue weighted by Gasteiger charge is -2.28. The minimum Gasteiger partial charge on any atom is -0.326 e. The zero-order valence-electron chi connectivity index (χ0n) is 13.7. The molecule has 1 aliphatic carbocycles. The Morgan fingerprint density at radius 3 is 2.29 bits per heavy atom. The molecule has 1 aromatic rings. The van der Waals surface area contributed by atoms with E-state index in [9.17, 15) is 13.2 Å². The summed E-state index contributed by atoms with van der Waals surface area (Å²) in [6.07, 6.45) is 2.62. The first-order chi connectivity index (χ1) is 11.2. The van der Waals surface area contributed by atoms with Crippen molar-refractivity contribution in [2.75, 3.05) is 5.32 Å². The second-order valence-electron chi connectivity index (χ2n) is 6.38. The Kier molecular flexibility index (Phi) is 6.53. The number of hydrogen-bond donors (Lipinski definition) is 2. The van der Waals surface area contributed by atoms with Crippen LogP contribution in [0, 0.1) is 5.92 Å². The average molecular weight is 393 g/mol. The van der Waals surface area contributed by atoms with E-state index < -0.39 is 15.3 Å². The number of nitrogens with one attached hydrogen (secondary N) is 2. The van der Waals surface area contributed by atoms with Crippen molar-refractivity contribution < 1.29 is 13.2 Å². The zero-order chi connectivity index (χ0) is 17.9. The van der Waals surface area contributed by atoms with Crippen LogP contribution in [0.3, 0.4) is 0 Å². The van der Waals surface area contributed by atoms with Gasteiger partial charge in [0.2, 0.25) is 15.9 Å². The van der Waals surface area contributed by atoms with Gasteiger partial charge in [-0.2, -0.15) is 0 Å². The molecule has 1 amide bonds. The van der Waals surface area contributed by atoms with Gasteiger partial charge in [0, 0.05) is 17.6 Å². The van der Waals surface area contributed by atoms with Crippen LogP contribution >= 0.6 is 23.2 Å². The van der Waals surface area contributed by atoms with Crippen molar-refractivity contribution in [1.82, 2.24) is 4.72 Å². The fraction of sp³-hybridized carbons (Fsp3) is 0.562. The summed E-state index contributed by atoms with van der Waals surface area (Å²) < 4.78 is 26.5. The molecule has 0 heterocycles. The highest BCUT2D eigenvalue weighted by Gasteiger charge is 2.29. The van der Waals surface area contributed by atoms with E-state index in [0.29, 0.717) is 41.4 Å². The number of carbonyl (C=O) groups is 1. The number of amides is 1. The summed E-state index contributed by atoms with van der Waals surface area (Å²) >= 11 is 11.8. The largest absolute Gasteiger partial charge is 0.326 e. The lowest BCUT2D eigenvalue weighted by Crippen LogP contribution is -2.42. The first-order valence-corrected chi connectivity index (χ1v) is 10.3. The van der Waals surface area contributed by atoms with E-state index in [1.807, 2.05) is 0 Å². The van der Waals surface area contributed by atoms with Gasteiger partial charge in [-0.1, -0.05) is 23.2 Å². The molecule has 0 unspecified atom stereocenters. The highest BCUT2D eigenvalue weighted by molar-refractivity contribution is 7.90. The SMILES string of the molecule is CC(C)S(=O)(=O)N[C@H]1CC[C@H](C(=O)Nc2ccc(Cl)c(Cl)c2)CC1. The number of halogens is 2. The fourth-order valence-electron chi connectivity index (χ4n) is 2.66. The van der Waals surface area contributed by atoms with E-state index in [1.54, 1.807) is 32.0 Å². The third kappa shape index (κ3) is 5.09. The molecule has 1 aliphatic rings. The summed E-state index contributed by atoms with van der Waals surface area (Å²) in [5.41, 5.74) is 0.608. The van der Waals surface area contributed by atoms with Crippen molar-refractivity contribution in [2.24, 2.45) is 5.92 Å². The summed E-state index contributed by atoms with van der Waals surface area (Å²) in [5, 5.41) is 3.22. The van der Waals surface area contributed by atoms with Gasteiger partial charge in [0.1, 0.15) is 0 Å². The second kappa shape index (κ2) is 8.04. The molecule has 0 aromatic heterocycles. The molecular formula is C16H22Cl2N2O3S. The maximum Gasteiger partial charge on any atom is 0.227 e. The van der Waals surface area contributed by atoms with E-state index in [2.05, 4.69) is 10.0 Å². The van der Waals surface area contributed by atoms with Crippen molar-refractivity contribution in [3.8, 4) is 0 Å². The Bertz CT molecular complexity index is 699. The summed E-state index contributed by atoms with van der Waals surface area (Å²) in [6.45, 7) is 3.30. The quantitative estimate of drug-likeness (QED) is 0.799. The van der Waals surface area contributed by atoms with Gasteiger partial charge in [-0.3, -0.25) is 4.79 Å². The highest BCUT2D eigenvalue weighted by Crippen LogP contribution is 2.28. The molecule has 0 bridgehead atoms. The Morgan fingerprint density at radius 1 is 1.12 bits per heavy atom. The first kappa shape index (κ1) is 19.5. The van der Waals surface area contributed by atoms with Gasteiger partial charge in [0.25, 0.3) is 0 Å². The van der Waals surface area contributed by atoms with Crippen molar-refractivity contribution in [1.29, 1.82) is 0 Å². The van der Waals surface area contributed by atoms with Crippen molar-refractivity contribution >= 4 is 44.8 Å². The van der Waals surface area contributed by atoms with Crippen LogP contribution in [0.25, 0.3) is 0 Å². The minimum absolute atomic E-state index is 0.0708. The van der Waals surface area contributed by atoms with Crippen LogP contribution in [0.2, 0.25) is 10.0 Å². The Labute approximate surface area is 153 Å². The van der Waals surface area contributed by atoms with E-state index in [0.717, 1.165) is 0 Å². The molecule has 1 fully saturated rings. The summed E-state index contributed by atoms with van der Waals surface area (Å²) in [5.74, 6) is -0.196. The predicted molar refractivity (Wildman–Crippen MR) is 98.0 cm³/mol. The number of hydrogen-bond acceptors (Lipinski definition) is 3. The zero-order valence-corrected chi connectivity index (χ0v) is 16.0. The molecule has 0 saturated heterocycles. The van der Waals surface area contributed by atoms with Crippen LogP contribution in [-0.4, -0.2) is 25.6 Å². The molecule has 0 atom stereocenters. The first-order valence-electron chi connectivity index (χ1n) is 7.96. The Morgan fingerprint density at radius 2 is 1.75 bits per heavy atom. The number of rotatable bonds is 5. The number of benzene rings is 1. The smallest absolute Gasteiger partial charge is 0.227 e. The van der Waals surface area contributed by atoms with Crippen molar-refractivity contribution in [3.63, 3.8) is 0 Å². The number of sulfonamides is 1. The van der Waals surface area contributed by atoms with Gasteiger partial charge in [-0.25, -0.2) is 13.1 Å². The van der Waals surface area contributed by atoms with E-state index in [1.165, 1.54) is 0 Å². The Hall–Kier alpha value is -0.820. The van der Waals surface area contributed by atoms with Crippen LogP contribution < -0.4 is 10.0 Å². The fourth-order valence-corrected chi connectivity index (χ4v) is 3.93. The average Bonchev–Trinajstić information content (AvgIpc) is 2.51. The van der Waals surface area contributed by atoms with Crippen LogP contribution in [-0.2, 0) is 14.8 Å². The molecule has 2 rings (SSSR count). The minimum atomic E-state index is -3.27. The van der Waals surface area contributed by atoms with Crippen LogP contribution in [0.4, 0.5) is 5.69 Å². The number of anilines is 1. The molecular weight excluding hydrogens is 371 g/mol. The molecule has 0 radical (unpaired) electrons.